The van der Waals surface area contributed by atoms with Gasteiger partial charge in [0.1, 0.15) is 11.6 Å². The molecule has 1 N–H and O–H groups in total. The topological polar surface area (TPSA) is 41.6 Å². The number of carbonyl (C=O) groups excluding carboxylic acids is 1. The number of anilines is 1. The Morgan fingerprint density at radius 2 is 2.08 bits per heavy atom. The highest BCUT2D eigenvalue weighted by Gasteiger charge is 2.31. The molecule has 1 aliphatic carbocycles. The van der Waals surface area contributed by atoms with Gasteiger partial charge < -0.3 is 10.1 Å². The van der Waals surface area contributed by atoms with Crippen LogP contribution in [-0.2, 0) is 11.3 Å². The van der Waals surface area contributed by atoms with Crippen LogP contribution in [0.1, 0.15) is 18.4 Å². The molecule has 0 aliphatic heterocycles. The molecule has 2 aromatic rings. The Labute approximate surface area is 161 Å². The number of nitrogens with one attached hydrogen (secondary N) is 1. The summed E-state index contributed by atoms with van der Waals surface area (Å²) in [6, 6.07) is 9.87. The van der Waals surface area contributed by atoms with Crippen molar-refractivity contribution in [3.8, 4) is 5.75 Å². The monoisotopic (exact) mass is 396 g/mol. The molecule has 0 aromatic heterocycles. The number of hydrogen-bond donors (Lipinski definition) is 1. The van der Waals surface area contributed by atoms with Gasteiger partial charge in [-0.25, -0.2) is 4.39 Å². The Kier molecular flexibility index (Phi) is 6.01. The lowest BCUT2D eigenvalue weighted by atomic mass is 10.2. The van der Waals surface area contributed by atoms with Gasteiger partial charge in [0.25, 0.3) is 0 Å². The van der Waals surface area contributed by atoms with Crippen LogP contribution in [0.15, 0.2) is 36.4 Å². The summed E-state index contributed by atoms with van der Waals surface area (Å²) < 4.78 is 19.3. The van der Waals surface area contributed by atoms with Gasteiger partial charge in [-0.2, -0.15) is 0 Å². The van der Waals surface area contributed by atoms with Crippen molar-refractivity contribution >= 4 is 34.8 Å². The van der Waals surface area contributed by atoms with Gasteiger partial charge in [0.15, 0.2) is 0 Å². The molecule has 1 saturated carbocycles. The van der Waals surface area contributed by atoms with Gasteiger partial charge in [0.05, 0.1) is 19.3 Å². The molecular weight excluding hydrogens is 378 g/mol. The van der Waals surface area contributed by atoms with E-state index in [2.05, 4.69) is 5.32 Å². The van der Waals surface area contributed by atoms with Crippen LogP contribution in [0, 0.1) is 5.82 Å². The maximum atomic E-state index is 14.1. The normalized spacial score (nSPS) is 13.7. The number of methoxy groups -OCH3 is 1. The highest BCUT2D eigenvalue weighted by molar-refractivity contribution is 6.31. The smallest absolute Gasteiger partial charge is 0.238 e. The fourth-order valence-electron chi connectivity index (χ4n) is 2.79. The average molecular weight is 397 g/mol. The van der Waals surface area contributed by atoms with Crippen molar-refractivity contribution < 1.29 is 13.9 Å². The fourth-order valence-corrected chi connectivity index (χ4v) is 3.19. The molecule has 26 heavy (non-hydrogen) atoms. The molecule has 3 rings (SSSR count). The summed E-state index contributed by atoms with van der Waals surface area (Å²) >= 11 is 12.1. The van der Waals surface area contributed by atoms with Crippen LogP contribution in [0.2, 0.25) is 10.0 Å². The standard InChI is InChI=1S/C19H19Cl2FN2O2/c1-26-18-8-5-12(20)9-17(18)23-19(25)11-24(13-6-7-13)10-14-15(21)3-2-4-16(14)22/h2-5,8-9,13H,6-7,10-11H2,1H3,(H,23,25). The molecule has 138 valence electrons. The molecule has 1 fully saturated rings. The Hall–Kier alpha value is -1.82. The lowest BCUT2D eigenvalue weighted by Crippen LogP contribution is -2.35. The van der Waals surface area contributed by atoms with Crippen molar-refractivity contribution in [3.63, 3.8) is 0 Å². The third-order valence-corrected chi connectivity index (χ3v) is 4.86. The minimum Gasteiger partial charge on any atom is -0.495 e. The van der Waals surface area contributed by atoms with Gasteiger partial charge in [-0.05, 0) is 43.2 Å². The van der Waals surface area contributed by atoms with Gasteiger partial charge in [-0.1, -0.05) is 29.3 Å². The van der Waals surface area contributed by atoms with E-state index < -0.39 is 0 Å². The highest BCUT2D eigenvalue weighted by atomic mass is 35.5. The Balaban J connectivity index is 1.71. The summed E-state index contributed by atoms with van der Waals surface area (Å²) in [7, 11) is 1.52. The van der Waals surface area contributed by atoms with E-state index in [0.717, 1.165) is 12.8 Å². The molecule has 7 heteroatoms. The van der Waals surface area contributed by atoms with Crippen molar-refractivity contribution in [2.75, 3.05) is 19.0 Å². The Bertz CT molecular complexity index is 792. The fraction of sp³-hybridized carbons (Fsp3) is 0.316. The van der Waals surface area contributed by atoms with E-state index in [1.54, 1.807) is 30.3 Å². The molecule has 0 unspecified atom stereocenters. The summed E-state index contributed by atoms with van der Waals surface area (Å²) in [4.78, 5) is 14.5. The summed E-state index contributed by atoms with van der Waals surface area (Å²) in [6.45, 7) is 0.418. The second-order valence-electron chi connectivity index (χ2n) is 6.23. The van der Waals surface area contributed by atoms with E-state index in [-0.39, 0.29) is 30.9 Å². The lowest BCUT2D eigenvalue weighted by Gasteiger charge is -2.22. The third kappa shape index (κ3) is 4.67. The SMILES string of the molecule is COc1ccc(Cl)cc1NC(=O)CN(Cc1c(F)cccc1Cl)C1CC1. The number of halogens is 3. The van der Waals surface area contributed by atoms with Crippen LogP contribution in [-0.4, -0.2) is 30.5 Å². The van der Waals surface area contributed by atoms with E-state index in [1.807, 2.05) is 4.90 Å². The number of hydrogen-bond acceptors (Lipinski definition) is 3. The zero-order valence-electron chi connectivity index (χ0n) is 14.3. The van der Waals surface area contributed by atoms with Crippen LogP contribution in [0.25, 0.3) is 0 Å². The van der Waals surface area contributed by atoms with Crippen LogP contribution in [0.5, 0.6) is 5.75 Å². The molecular formula is C19H19Cl2FN2O2. The third-order valence-electron chi connectivity index (χ3n) is 4.27. The van der Waals surface area contributed by atoms with Crippen LogP contribution < -0.4 is 10.1 Å². The van der Waals surface area contributed by atoms with Gasteiger partial charge in [-0.15, -0.1) is 0 Å². The molecule has 0 spiro atoms. The predicted octanol–water partition coefficient (Wildman–Crippen LogP) is 4.74. The van der Waals surface area contributed by atoms with E-state index in [1.165, 1.54) is 13.2 Å². The van der Waals surface area contributed by atoms with Crippen molar-refractivity contribution in [1.29, 1.82) is 0 Å². The molecule has 0 radical (unpaired) electrons. The van der Waals surface area contributed by atoms with E-state index in [4.69, 9.17) is 27.9 Å². The van der Waals surface area contributed by atoms with Gasteiger partial charge in [0.2, 0.25) is 5.91 Å². The van der Waals surface area contributed by atoms with Gasteiger partial charge >= 0.3 is 0 Å². The van der Waals surface area contributed by atoms with E-state index in [9.17, 15) is 9.18 Å². The average Bonchev–Trinajstić information content (AvgIpc) is 3.42. The van der Waals surface area contributed by atoms with Gasteiger partial charge in [0, 0.05) is 28.2 Å². The predicted molar refractivity (Wildman–Crippen MR) is 101 cm³/mol. The highest BCUT2D eigenvalue weighted by Crippen LogP contribution is 2.31. The second-order valence-corrected chi connectivity index (χ2v) is 7.07. The lowest BCUT2D eigenvalue weighted by molar-refractivity contribution is -0.117. The maximum absolute atomic E-state index is 14.1. The summed E-state index contributed by atoms with van der Waals surface area (Å²) in [6.07, 6.45) is 1.97. The van der Waals surface area contributed by atoms with Crippen molar-refractivity contribution in [3.05, 3.63) is 57.8 Å². The number of rotatable bonds is 7. The summed E-state index contributed by atoms with van der Waals surface area (Å²) in [5.41, 5.74) is 0.916. The first-order chi connectivity index (χ1) is 12.5. The van der Waals surface area contributed by atoms with Crippen molar-refractivity contribution in [2.24, 2.45) is 0 Å². The second kappa shape index (κ2) is 8.25. The molecule has 4 nitrogen and oxygen atoms in total. The van der Waals surface area contributed by atoms with Crippen LogP contribution >= 0.6 is 23.2 Å². The Morgan fingerprint density at radius 1 is 1.31 bits per heavy atom. The zero-order valence-corrected chi connectivity index (χ0v) is 15.8. The molecule has 0 saturated heterocycles. The maximum Gasteiger partial charge on any atom is 0.238 e. The molecule has 1 aliphatic rings. The van der Waals surface area contributed by atoms with Crippen molar-refractivity contribution in [2.45, 2.75) is 25.4 Å². The quantitative estimate of drug-likeness (QED) is 0.734. The number of amides is 1. The first-order valence-corrected chi connectivity index (χ1v) is 9.04. The first-order valence-electron chi connectivity index (χ1n) is 8.28. The number of nitrogens with zero attached hydrogens (tertiary/aromatic N) is 1. The molecule has 2 aromatic carbocycles. The first kappa shape index (κ1) is 19.0. The molecule has 0 heterocycles. The van der Waals surface area contributed by atoms with Crippen LogP contribution in [0.3, 0.4) is 0 Å². The Morgan fingerprint density at radius 3 is 2.73 bits per heavy atom. The van der Waals surface area contributed by atoms with E-state index in [0.29, 0.717) is 27.0 Å². The van der Waals surface area contributed by atoms with Crippen molar-refractivity contribution in [1.82, 2.24) is 4.90 Å². The molecule has 0 atom stereocenters. The largest absolute Gasteiger partial charge is 0.495 e. The zero-order chi connectivity index (χ0) is 18.7. The van der Waals surface area contributed by atoms with Crippen LogP contribution in [0.4, 0.5) is 10.1 Å². The number of carbonyl (C=O) groups is 1. The number of benzene rings is 2. The van der Waals surface area contributed by atoms with E-state index >= 15 is 0 Å². The minimum atomic E-state index is -0.361. The summed E-state index contributed by atoms with van der Waals surface area (Å²) in [5.74, 6) is -0.0529. The number of ether oxygens (including phenoxy) is 1. The molecule has 1 amide bonds. The van der Waals surface area contributed by atoms with Gasteiger partial charge in [-0.3, -0.25) is 9.69 Å². The minimum absolute atomic E-state index is 0.130. The molecule has 0 bridgehead atoms. The summed E-state index contributed by atoms with van der Waals surface area (Å²) in [5, 5.41) is 3.68.